The SMILES string of the molecule is Cc1cc(C)nc(NS(=O)(=O)c2ccc(N[C@@H]3O[C@H](CO)[C@@H](O)[C@H](O)[C@H]3O)cc2)n1. The Kier molecular flexibility index (Phi) is 6.55. The molecule has 3 rings (SSSR count). The predicted octanol–water partition coefficient (Wildman–Crippen LogP) is -0.894. The van der Waals surface area contributed by atoms with Gasteiger partial charge in [0.05, 0.1) is 11.5 Å². The van der Waals surface area contributed by atoms with Gasteiger partial charge >= 0.3 is 0 Å². The van der Waals surface area contributed by atoms with Gasteiger partial charge in [-0.3, -0.25) is 0 Å². The molecule has 0 aliphatic carbocycles. The first-order valence-corrected chi connectivity index (χ1v) is 10.6. The highest BCUT2D eigenvalue weighted by Gasteiger charge is 2.43. The Labute approximate surface area is 173 Å². The summed E-state index contributed by atoms with van der Waals surface area (Å²) in [6, 6.07) is 7.27. The van der Waals surface area contributed by atoms with Crippen molar-refractivity contribution in [3.63, 3.8) is 0 Å². The van der Waals surface area contributed by atoms with Crippen LogP contribution < -0.4 is 10.0 Å². The maximum Gasteiger partial charge on any atom is 0.264 e. The Morgan fingerprint density at radius 3 is 2.17 bits per heavy atom. The standard InChI is InChI=1S/C18H24N4O7S/c1-9-7-10(2)20-18(19-9)22-30(27,28)12-5-3-11(4-6-12)21-17-16(26)15(25)14(24)13(8-23)29-17/h3-7,13-17,21,23-26H,8H2,1-2H3,(H,19,20,22)/t13-,14-,15+,16-,17-/m1/s1. The Hall–Kier alpha value is -2.35. The monoisotopic (exact) mass is 440 g/mol. The number of benzene rings is 1. The molecule has 1 aromatic carbocycles. The maximum absolute atomic E-state index is 12.6. The molecule has 2 aromatic rings. The third-order valence-electron chi connectivity index (χ3n) is 4.57. The molecule has 5 atom stereocenters. The second-order valence-electron chi connectivity index (χ2n) is 7.00. The molecule has 30 heavy (non-hydrogen) atoms. The van der Waals surface area contributed by atoms with Crippen LogP contribution in [0.4, 0.5) is 11.6 Å². The number of aromatic nitrogens is 2. The maximum atomic E-state index is 12.6. The van der Waals surface area contributed by atoms with Crippen LogP contribution in [0.1, 0.15) is 11.4 Å². The molecule has 1 fully saturated rings. The highest BCUT2D eigenvalue weighted by Crippen LogP contribution is 2.24. The molecule has 0 bridgehead atoms. The molecule has 2 heterocycles. The van der Waals surface area contributed by atoms with Gasteiger partial charge in [0.2, 0.25) is 5.95 Å². The van der Waals surface area contributed by atoms with Crippen molar-refractivity contribution in [2.75, 3.05) is 16.6 Å². The average Bonchev–Trinajstić information content (AvgIpc) is 2.67. The van der Waals surface area contributed by atoms with Gasteiger partial charge < -0.3 is 30.5 Å². The zero-order valence-corrected chi connectivity index (χ0v) is 17.1. The van der Waals surface area contributed by atoms with Gasteiger partial charge in [-0.2, -0.15) is 0 Å². The molecular weight excluding hydrogens is 416 g/mol. The molecule has 164 valence electrons. The van der Waals surface area contributed by atoms with E-state index in [4.69, 9.17) is 4.74 Å². The molecule has 0 saturated carbocycles. The van der Waals surface area contributed by atoms with Crippen LogP contribution in [-0.4, -0.2) is 76.1 Å². The first-order chi connectivity index (χ1) is 14.1. The number of ether oxygens (including phenoxy) is 1. The second kappa shape index (κ2) is 8.79. The Morgan fingerprint density at radius 2 is 1.60 bits per heavy atom. The number of aryl methyl sites for hydroxylation is 2. The van der Waals surface area contributed by atoms with E-state index in [-0.39, 0.29) is 10.8 Å². The lowest BCUT2D eigenvalue weighted by molar-refractivity contribution is -0.221. The number of nitrogens with zero attached hydrogens (tertiary/aromatic N) is 2. The summed E-state index contributed by atoms with van der Waals surface area (Å²) in [5.41, 5.74) is 1.64. The lowest BCUT2D eigenvalue weighted by Gasteiger charge is -2.40. The molecule has 0 amide bonds. The van der Waals surface area contributed by atoms with E-state index in [0.717, 1.165) is 0 Å². The number of nitrogens with one attached hydrogen (secondary N) is 2. The van der Waals surface area contributed by atoms with Crippen molar-refractivity contribution in [1.82, 2.24) is 9.97 Å². The minimum atomic E-state index is -3.93. The lowest BCUT2D eigenvalue weighted by atomic mass is 9.98. The molecule has 0 unspecified atom stereocenters. The first kappa shape index (κ1) is 22.3. The number of sulfonamides is 1. The number of aliphatic hydroxyl groups excluding tert-OH is 4. The summed E-state index contributed by atoms with van der Waals surface area (Å²) in [6.07, 6.45) is -6.62. The van der Waals surface area contributed by atoms with E-state index in [1.165, 1.54) is 24.3 Å². The molecule has 0 radical (unpaired) electrons. The van der Waals surface area contributed by atoms with Crippen molar-refractivity contribution in [3.8, 4) is 0 Å². The minimum absolute atomic E-state index is 0.0315. The van der Waals surface area contributed by atoms with Gasteiger partial charge in [0.25, 0.3) is 10.0 Å². The van der Waals surface area contributed by atoms with Gasteiger partial charge in [-0.25, -0.2) is 23.1 Å². The Morgan fingerprint density at radius 1 is 1.00 bits per heavy atom. The predicted molar refractivity (Wildman–Crippen MR) is 106 cm³/mol. The lowest BCUT2D eigenvalue weighted by Crippen LogP contribution is -2.60. The zero-order chi connectivity index (χ0) is 22.1. The molecule has 1 aromatic heterocycles. The highest BCUT2D eigenvalue weighted by atomic mass is 32.2. The summed E-state index contributed by atoms with van der Waals surface area (Å²) >= 11 is 0. The number of rotatable bonds is 6. The molecule has 11 nitrogen and oxygen atoms in total. The van der Waals surface area contributed by atoms with Gasteiger partial charge in [-0.1, -0.05) is 0 Å². The molecule has 12 heteroatoms. The largest absolute Gasteiger partial charge is 0.394 e. The number of hydrogen-bond donors (Lipinski definition) is 6. The number of hydrogen-bond acceptors (Lipinski definition) is 10. The molecular formula is C18H24N4O7S. The van der Waals surface area contributed by atoms with Crippen molar-refractivity contribution in [2.24, 2.45) is 0 Å². The van der Waals surface area contributed by atoms with Gasteiger partial charge in [0.1, 0.15) is 24.4 Å². The summed E-state index contributed by atoms with van der Waals surface area (Å²) in [7, 11) is -3.93. The first-order valence-electron chi connectivity index (χ1n) is 9.13. The van der Waals surface area contributed by atoms with E-state index in [2.05, 4.69) is 20.0 Å². The highest BCUT2D eigenvalue weighted by molar-refractivity contribution is 7.92. The normalized spacial score (nSPS) is 26.9. The van der Waals surface area contributed by atoms with Crippen LogP contribution in [-0.2, 0) is 14.8 Å². The summed E-state index contributed by atoms with van der Waals surface area (Å²) < 4.78 is 32.8. The fourth-order valence-electron chi connectivity index (χ4n) is 3.07. The van der Waals surface area contributed by atoms with E-state index in [1.54, 1.807) is 19.9 Å². The minimum Gasteiger partial charge on any atom is -0.394 e. The number of anilines is 2. The fourth-order valence-corrected chi connectivity index (χ4v) is 4.01. The van der Waals surface area contributed by atoms with E-state index in [0.29, 0.717) is 17.1 Å². The average molecular weight is 440 g/mol. The third kappa shape index (κ3) is 4.86. The van der Waals surface area contributed by atoms with Crippen LogP contribution in [0, 0.1) is 13.8 Å². The van der Waals surface area contributed by atoms with Crippen LogP contribution in [0.15, 0.2) is 35.2 Å². The second-order valence-corrected chi connectivity index (χ2v) is 8.68. The van der Waals surface area contributed by atoms with Crippen molar-refractivity contribution >= 4 is 21.7 Å². The molecule has 1 saturated heterocycles. The van der Waals surface area contributed by atoms with E-state index < -0.39 is 47.3 Å². The quantitative estimate of drug-likeness (QED) is 0.330. The number of aliphatic hydroxyl groups is 4. The Bertz CT molecular complexity index is 964. The van der Waals surface area contributed by atoms with Crippen molar-refractivity contribution in [2.45, 2.75) is 49.4 Å². The molecule has 6 N–H and O–H groups in total. The van der Waals surface area contributed by atoms with E-state index in [9.17, 15) is 28.8 Å². The van der Waals surface area contributed by atoms with Crippen LogP contribution in [0.5, 0.6) is 0 Å². The summed E-state index contributed by atoms with van der Waals surface area (Å²) in [5, 5.41) is 41.8. The van der Waals surface area contributed by atoms with Crippen molar-refractivity contribution < 1.29 is 33.6 Å². The summed E-state index contributed by atoms with van der Waals surface area (Å²) in [4.78, 5) is 8.07. The van der Waals surface area contributed by atoms with Gasteiger partial charge in [0.15, 0.2) is 6.23 Å². The van der Waals surface area contributed by atoms with Crippen molar-refractivity contribution in [1.29, 1.82) is 0 Å². The van der Waals surface area contributed by atoms with Gasteiger partial charge in [0, 0.05) is 17.1 Å². The Balaban J connectivity index is 1.72. The summed E-state index contributed by atoms with van der Waals surface area (Å²) in [5.74, 6) is -0.0315. The third-order valence-corrected chi connectivity index (χ3v) is 5.92. The smallest absolute Gasteiger partial charge is 0.264 e. The summed E-state index contributed by atoms with van der Waals surface area (Å²) in [6.45, 7) is 2.91. The van der Waals surface area contributed by atoms with Gasteiger partial charge in [-0.15, -0.1) is 0 Å². The van der Waals surface area contributed by atoms with E-state index in [1.807, 2.05) is 0 Å². The zero-order valence-electron chi connectivity index (χ0n) is 16.3. The topological polar surface area (TPSA) is 174 Å². The van der Waals surface area contributed by atoms with Crippen LogP contribution in [0.2, 0.25) is 0 Å². The molecule has 1 aliphatic heterocycles. The van der Waals surface area contributed by atoms with Crippen LogP contribution >= 0.6 is 0 Å². The van der Waals surface area contributed by atoms with E-state index >= 15 is 0 Å². The van der Waals surface area contributed by atoms with Crippen molar-refractivity contribution in [3.05, 3.63) is 41.7 Å². The molecule has 0 spiro atoms. The van der Waals surface area contributed by atoms with Crippen LogP contribution in [0.25, 0.3) is 0 Å². The molecule has 1 aliphatic rings. The van der Waals surface area contributed by atoms with Gasteiger partial charge in [-0.05, 0) is 44.2 Å². The fraction of sp³-hybridized carbons (Fsp3) is 0.444. The van der Waals surface area contributed by atoms with Crippen LogP contribution in [0.3, 0.4) is 0 Å².